The Hall–Kier alpha value is -1.15. The van der Waals surface area contributed by atoms with Crippen LogP contribution in [0.15, 0.2) is 42.5 Å². The zero-order chi connectivity index (χ0) is 14.5. The minimum absolute atomic E-state index is 0.113. The van der Waals surface area contributed by atoms with Crippen LogP contribution in [-0.4, -0.2) is 0 Å². The molecule has 106 valence electrons. The molecule has 1 unspecified atom stereocenters. The summed E-state index contributed by atoms with van der Waals surface area (Å²) in [6, 6.07) is 14.0. The van der Waals surface area contributed by atoms with E-state index in [1.54, 1.807) is 6.92 Å². The van der Waals surface area contributed by atoms with Gasteiger partial charge in [-0.3, -0.25) is 0 Å². The number of hydrogen-bond donors (Lipinski definition) is 0. The number of halogens is 2. The van der Waals surface area contributed by atoms with Gasteiger partial charge in [0.25, 0.3) is 0 Å². The number of hydrogen-bond acceptors (Lipinski definition) is 0. The Labute approximate surface area is 129 Å². The van der Waals surface area contributed by atoms with Crippen LogP contribution in [0.5, 0.6) is 0 Å². The van der Waals surface area contributed by atoms with E-state index in [4.69, 9.17) is 0 Å². The van der Waals surface area contributed by atoms with Crippen molar-refractivity contribution in [2.75, 3.05) is 0 Å². The summed E-state index contributed by atoms with van der Waals surface area (Å²) in [5.74, 6) is -0.150. The standard InChI is InChI=1S/C18H20BrF/c1-3-4-5-14-6-8-15(9-7-14)18(19)16-10-11-17(20)13(2)12-16/h6-12,18H,3-5H2,1-2H3. The van der Waals surface area contributed by atoms with Gasteiger partial charge in [-0.1, -0.05) is 65.7 Å². The first-order valence-corrected chi connectivity index (χ1v) is 8.02. The average Bonchev–Trinajstić information content (AvgIpc) is 2.48. The van der Waals surface area contributed by atoms with Crippen molar-refractivity contribution in [2.45, 2.75) is 37.9 Å². The van der Waals surface area contributed by atoms with Crippen LogP contribution >= 0.6 is 15.9 Å². The predicted octanol–water partition coefficient (Wildman–Crippen LogP) is 5.96. The van der Waals surface area contributed by atoms with Gasteiger partial charge >= 0.3 is 0 Å². The summed E-state index contributed by atoms with van der Waals surface area (Å²) in [6.45, 7) is 4.01. The average molecular weight is 335 g/mol. The fourth-order valence-electron chi connectivity index (χ4n) is 2.25. The van der Waals surface area contributed by atoms with Crippen molar-refractivity contribution in [1.82, 2.24) is 0 Å². The van der Waals surface area contributed by atoms with E-state index in [1.807, 2.05) is 12.1 Å². The molecular formula is C18H20BrF. The summed E-state index contributed by atoms with van der Waals surface area (Å²) < 4.78 is 13.3. The van der Waals surface area contributed by atoms with Crippen molar-refractivity contribution < 1.29 is 4.39 Å². The molecule has 1 atom stereocenters. The van der Waals surface area contributed by atoms with Gasteiger partial charge in [0.15, 0.2) is 0 Å². The van der Waals surface area contributed by atoms with Crippen molar-refractivity contribution in [3.8, 4) is 0 Å². The van der Waals surface area contributed by atoms with E-state index in [1.165, 1.54) is 30.0 Å². The Morgan fingerprint density at radius 1 is 1.05 bits per heavy atom. The second-order valence-corrected chi connectivity index (χ2v) is 6.13. The maximum Gasteiger partial charge on any atom is 0.126 e. The Morgan fingerprint density at radius 2 is 1.70 bits per heavy atom. The normalized spacial score (nSPS) is 12.4. The van der Waals surface area contributed by atoms with Gasteiger partial charge in [-0.15, -0.1) is 0 Å². The van der Waals surface area contributed by atoms with Crippen LogP contribution in [0.4, 0.5) is 4.39 Å². The number of unbranched alkanes of at least 4 members (excludes halogenated alkanes) is 1. The fourth-order valence-corrected chi connectivity index (χ4v) is 2.84. The third-order valence-corrected chi connectivity index (χ3v) is 4.62. The molecule has 0 aliphatic carbocycles. The molecule has 0 fully saturated rings. The molecule has 0 spiro atoms. The van der Waals surface area contributed by atoms with Crippen LogP contribution < -0.4 is 0 Å². The number of benzene rings is 2. The van der Waals surface area contributed by atoms with Gasteiger partial charge in [0.1, 0.15) is 5.82 Å². The fraction of sp³-hybridized carbons (Fsp3) is 0.333. The second-order valence-electron chi connectivity index (χ2n) is 5.22. The van der Waals surface area contributed by atoms with Gasteiger partial charge in [0, 0.05) is 0 Å². The van der Waals surface area contributed by atoms with Gasteiger partial charge in [-0.05, 0) is 48.1 Å². The summed E-state index contributed by atoms with van der Waals surface area (Å²) >= 11 is 3.71. The minimum atomic E-state index is -0.150. The van der Waals surface area contributed by atoms with E-state index >= 15 is 0 Å². The smallest absolute Gasteiger partial charge is 0.126 e. The van der Waals surface area contributed by atoms with E-state index in [0.29, 0.717) is 5.56 Å². The minimum Gasteiger partial charge on any atom is -0.207 e. The van der Waals surface area contributed by atoms with Gasteiger partial charge in [-0.2, -0.15) is 0 Å². The first-order chi connectivity index (χ1) is 9.61. The maximum atomic E-state index is 13.3. The number of aryl methyl sites for hydroxylation is 2. The Bertz CT molecular complexity index is 560. The van der Waals surface area contributed by atoms with E-state index in [-0.39, 0.29) is 10.6 Å². The van der Waals surface area contributed by atoms with Crippen molar-refractivity contribution >= 4 is 15.9 Å². The maximum absolute atomic E-state index is 13.3. The van der Waals surface area contributed by atoms with Crippen LogP contribution in [0.25, 0.3) is 0 Å². The lowest BCUT2D eigenvalue weighted by molar-refractivity contribution is 0.618. The second kappa shape index (κ2) is 7.03. The van der Waals surface area contributed by atoms with Crippen LogP contribution in [0, 0.1) is 12.7 Å². The van der Waals surface area contributed by atoms with Crippen LogP contribution in [-0.2, 0) is 6.42 Å². The van der Waals surface area contributed by atoms with Crippen LogP contribution in [0.3, 0.4) is 0 Å². The Balaban J connectivity index is 2.15. The summed E-state index contributed by atoms with van der Waals surface area (Å²) in [6.07, 6.45) is 3.59. The molecule has 2 heteroatoms. The molecule has 0 N–H and O–H groups in total. The molecule has 0 aromatic heterocycles. The van der Waals surface area contributed by atoms with E-state index in [9.17, 15) is 4.39 Å². The zero-order valence-corrected chi connectivity index (χ0v) is 13.6. The number of alkyl halides is 1. The SMILES string of the molecule is CCCCc1ccc(C(Br)c2ccc(F)c(C)c2)cc1. The lowest BCUT2D eigenvalue weighted by Crippen LogP contribution is -1.95. The van der Waals surface area contributed by atoms with Crippen LogP contribution in [0.2, 0.25) is 0 Å². The molecule has 2 aromatic carbocycles. The molecule has 2 rings (SSSR count). The quantitative estimate of drug-likeness (QED) is 0.591. The molecule has 0 amide bonds. The summed E-state index contributed by atoms with van der Waals surface area (Å²) in [5, 5.41) is 0. The van der Waals surface area contributed by atoms with E-state index in [0.717, 1.165) is 12.0 Å². The van der Waals surface area contributed by atoms with Gasteiger partial charge in [0.05, 0.1) is 4.83 Å². The molecular weight excluding hydrogens is 315 g/mol. The monoisotopic (exact) mass is 334 g/mol. The third kappa shape index (κ3) is 3.69. The highest BCUT2D eigenvalue weighted by molar-refractivity contribution is 9.09. The lowest BCUT2D eigenvalue weighted by Gasteiger charge is -2.12. The largest absolute Gasteiger partial charge is 0.207 e. The van der Waals surface area contributed by atoms with E-state index < -0.39 is 0 Å². The van der Waals surface area contributed by atoms with E-state index in [2.05, 4.69) is 47.1 Å². The van der Waals surface area contributed by atoms with Gasteiger partial charge in [0.2, 0.25) is 0 Å². The van der Waals surface area contributed by atoms with Crippen molar-refractivity contribution in [2.24, 2.45) is 0 Å². The highest BCUT2D eigenvalue weighted by atomic mass is 79.9. The zero-order valence-electron chi connectivity index (χ0n) is 12.0. The highest BCUT2D eigenvalue weighted by Crippen LogP contribution is 2.31. The molecule has 0 nitrogen and oxygen atoms in total. The van der Waals surface area contributed by atoms with Gasteiger partial charge in [-0.25, -0.2) is 4.39 Å². The summed E-state index contributed by atoms with van der Waals surface area (Å²) in [4.78, 5) is 0.113. The molecule has 0 saturated heterocycles. The molecule has 0 aliphatic rings. The molecule has 0 bridgehead atoms. The molecule has 2 aromatic rings. The number of rotatable bonds is 5. The van der Waals surface area contributed by atoms with Crippen molar-refractivity contribution in [1.29, 1.82) is 0 Å². The lowest BCUT2D eigenvalue weighted by atomic mass is 10.0. The molecule has 0 saturated carbocycles. The first-order valence-electron chi connectivity index (χ1n) is 7.10. The molecule has 0 heterocycles. The summed E-state index contributed by atoms with van der Waals surface area (Å²) in [7, 11) is 0. The predicted molar refractivity (Wildman–Crippen MR) is 87.0 cm³/mol. The third-order valence-electron chi connectivity index (χ3n) is 3.57. The summed E-state index contributed by atoms with van der Waals surface area (Å²) in [5.41, 5.74) is 4.36. The highest BCUT2D eigenvalue weighted by Gasteiger charge is 2.11. The molecule has 20 heavy (non-hydrogen) atoms. The van der Waals surface area contributed by atoms with Gasteiger partial charge < -0.3 is 0 Å². The molecule has 0 aliphatic heterocycles. The Kier molecular flexibility index (Phi) is 5.36. The molecule has 0 radical (unpaired) electrons. The van der Waals surface area contributed by atoms with Crippen molar-refractivity contribution in [3.05, 3.63) is 70.5 Å². The van der Waals surface area contributed by atoms with Crippen molar-refractivity contribution in [3.63, 3.8) is 0 Å². The topological polar surface area (TPSA) is 0 Å². The Morgan fingerprint density at radius 3 is 2.30 bits per heavy atom. The van der Waals surface area contributed by atoms with Crippen LogP contribution in [0.1, 0.15) is 46.8 Å². The first kappa shape index (κ1) is 15.2.